The lowest BCUT2D eigenvalue weighted by Gasteiger charge is -2.48. The van der Waals surface area contributed by atoms with E-state index in [0.717, 1.165) is 57.2 Å². The third-order valence-corrected chi connectivity index (χ3v) is 21.7. The molecule has 0 aliphatic heterocycles. The third kappa shape index (κ3) is 11.6. The fourth-order valence-corrected chi connectivity index (χ4v) is 19.9. The average Bonchev–Trinajstić information content (AvgIpc) is 2.84. The normalized spacial score (nSPS) is 17.5. The molecule has 0 radical (unpaired) electrons. The molecule has 2 atom stereocenters. The van der Waals surface area contributed by atoms with Crippen molar-refractivity contribution in [1.82, 2.24) is 0 Å². The van der Waals surface area contributed by atoms with Crippen LogP contribution in [0.15, 0.2) is 0 Å². The van der Waals surface area contributed by atoms with Gasteiger partial charge in [0, 0.05) is 72.0 Å². The lowest BCUT2D eigenvalue weighted by molar-refractivity contribution is 0.124. The van der Waals surface area contributed by atoms with Gasteiger partial charge < -0.3 is 31.3 Å². The number of hydrogen-bond acceptors (Lipinski definition) is 7. The maximum absolute atomic E-state index is 7.38. The number of rotatable bonds is 24. The van der Waals surface area contributed by atoms with Crippen LogP contribution in [0.3, 0.4) is 0 Å². The summed E-state index contributed by atoms with van der Waals surface area (Å²) in [6.07, 6.45) is 3.00. The van der Waals surface area contributed by atoms with Crippen LogP contribution in [-0.4, -0.2) is 79.5 Å². The first-order chi connectivity index (χ1) is 17.0. The van der Waals surface area contributed by atoms with E-state index >= 15 is 0 Å². The average molecular weight is 569 g/mol. The minimum Gasteiger partial charge on any atom is -0.414 e. The van der Waals surface area contributed by atoms with Gasteiger partial charge in [0.15, 0.2) is 0 Å². The lowest BCUT2D eigenvalue weighted by Crippen LogP contribution is -2.64. The molecule has 0 fully saturated rings. The van der Waals surface area contributed by atoms with Crippen molar-refractivity contribution in [3.05, 3.63) is 0 Å². The molecule has 0 N–H and O–H groups in total. The van der Waals surface area contributed by atoms with Crippen LogP contribution in [-0.2, 0) is 31.3 Å². The Labute approximate surface area is 227 Å². The van der Waals surface area contributed by atoms with Gasteiger partial charge in [0.2, 0.25) is 0 Å². The van der Waals surface area contributed by atoms with Gasteiger partial charge in [-0.1, -0.05) is 62.3 Å². The summed E-state index contributed by atoms with van der Waals surface area (Å²) >= 11 is 0. The molecular formula is C26H60O7Si3. The van der Waals surface area contributed by atoms with E-state index in [1.807, 2.05) is 0 Å². The first kappa shape index (κ1) is 36.4. The van der Waals surface area contributed by atoms with Gasteiger partial charge in [-0.2, -0.15) is 0 Å². The second-order valence-electron chi connectivity index (χ2n) is 10.6. The van der Waals surface area contributed by atoms with E-state index in [4.69, 9.17) is 31.3 Å². The third-order valence-electron chi connectivity index (χ3n) is 6.85. The monoisotopic (exact) mass is 568 g/mol. The Balaban J connectivity index is 6.34. The summed E-state index contributed by atoms with van der Waals surface area (Å²) in [6.45, 7) is 23.9. The van der Waals surface area contributed by atoms with E-state index in [9.17, 15) is 0 Å². The van der Waals surface area contributed by atoms with Gasteiger partial charge in [0.05, 0.1) is 0 Å². The summed E-state index contributed by atoms with van der Waals surface area (Å²) in [5.74, 6) is 0. The predicted octanol–water partition coefficient (Wildman–Crippen LogP) is 7.15. The highest BCUT2D eigenvalue weighted by Gasteiger charge is 2.57. The molecule has 7 nitrogen and oxygen atoms in total. The molecule has 0 bridgehead atoms. The molecule has 36 heavy (non-hydrogen) atoms. The van der Waals surface area contributed by atoms with Crippen molar-refractivity contribution in [1.29, 1.82) is 0 Å². The fourth-order valence-electron chi connectivity index (χ4n) is 4.29. The number of ether oxygens (including phenoxy) is 3. The fraction of sp³-hybridized carbons (Fsp3) is 1.00. The smallest absolute Gasteiger partial charge is 0.334 e. The van der Waals surface area contributed by atoms with Crippen molar-refractivity contribution in [2.24, 2.45) is 0 Å². The zero-order chi connectivity index (χ0) is 27.7. The Morgan fingerprint density at radius 2 is 0.722 bits per heavy atom. The Morgan fingerprint density at radius 3 is 0.944 bits per heavy atom. The molecule has 0 aromatic heterocycles. The second-order valence-corrected chi connectivity index (χ2v) is 22.9. The predicted molar refractivity (Wildman–Crippen MR) is 156 cm³/mol. The van der Waals surface area contributed by atoms with Crippen molar-refractivity contribution in [2.45, 2.75) is 116 Å². The van der Waals surface area contributed by atoms with Gasteiger partial charge in [-0.3, -0.25) is 0 Å². The molecule has 218 valence electrons. The Bertz CT molecular complexity index is 506. The van der Waals surface area contributed by atoms with Crippen molar-refractivity contribution in [3.63, 3.8) is 0 Å². The van der Waals surface area contributed by atoms with Crippen LogP contribution >= 0.6 is 0 Å². The first-order valence-corrected chi connectivity index (χ1v) is 20.6. The van der Waals surface area contributed by atoms with E-state index in [0.29, 0.717) is 19.8 Å². The van der Waals surface area contributed by atoms with Gasteiger partial charge in [-0.15, -0.1) is 0 Å². The molecule has 0 rings (SSSR count). The minimum atomic E-state index is -2.86. The van der Waals surface area contributed by atoms with Crippen LogP contribution in [0.5, 0.6) is 0 Å². The van der Waals surface area contributed by atoms with Crippen molar-refractivity contribution in [3.8, 4) is 0 Å². The Kier molecular flexibility index (Phi) is 19.6. The van der Waals surface area contributed by atoms with Crippen molar-refractivity contribution < 1.29 is 31.3 Å². The molecule has 0 spiro atoms. The van der Waals surface area contributed by atoms with Crippen LogP contribution in [0.2, 0.25) is 34.8 Å². The molecule has 0 aromatic carbocycles. The highest BCUT2D eigenvalue weighted by Crippen LogP contribution is 2.42. The molecule has 0 aliphatic carbocycles. The Morgan fingerprint density at radius 1 is 0.444 bits per heavy atom. The first-order valence-electron chi connectivity index (χ1n) is 14.3. The van der Waals surface area contributed by atoms with Gasteiger partial charge >= 0.3 is 25.7 Å². The SMILES string of the molecule is CCCOCC[Si](OC)(O[Si](CCOCCC)(O[Si](CCOCCC)(OC)C(C)C)C(C)C)C(C)C. The Hall–Kier alpha value is 0.371. The van der Waals surface area contributed by atoms with E-state index in [2.05, 4.69) is 62.3 Å². The zero-order valence-electron chi connectivity index (χ0n) is 25.6. The molecule has 0 saturated heterocycles. The molecule has 0 aliphatic rings. The number of hydrogen-bond donors (Lipinski definition) is 0. The highest BCUT2D eigenvalue weighted by molar-refractivity contribution is 6.88. The summed E-state index contributed by atoms with van der Waals surface area (Å²) in [4.78, 5) is 0. The standard InChI is InChI=1S/C26H60O7Si3/c1-12-15-29-18-21-34(27-10,24(4)5)32-36(26(8)9,23-20-31-17-14-3)33-35(28-11,25(6)7)22-19-30-16-13-2/h24-26H,12-23H2,1-11H3. The topological polar surface area (TPSA) is 64.6 Å². The largest absolute Gasteiger partial charge is 0.414 e. The van der Waals surface area contributed by atoms with E-state index in [1.54, 1.807) is 14.2 Å². The van der Waals surface area contributed by atoms with Crippen molar-refractivity contribution >= 4 is 25.7 Å². The van der Waals surface area contributed by atoms with Crippen LogP contribution in [0.25, 0.3) is 0 Å². The molecule has 2 unspecified atom stereocenters. The summed E-state index contributed by atoms with van der Waals surface area (Å²) in [7, 11) is -4.57. The highest BCUT2D eigenvalue weighted by atomic mass is 28.5. The van der Waals surface area contributed by atoms with Gasteiger partial charge in [-0.25, -0.2) is 0 Å². The molecule has 10 heteroatoms. The minimum absolute atomic E-state index is 0.206. The molecule has 0 heterocycles. The second kappa shape index (κ2) is 19.4. The van der Waals surface area contributed by atoms with E-state index in [-0.39, 0.29) is 16.6 Å². The zero-order valence-corrected chi connectivity index (χ0v) is 28.6. The molecule has 0 aromatic rings. The quantitative estimate of drug-likeness (QED) is 0.0905. The molecule has 0 saturated carbocycles. The van der Waals surface area contributed by atoms with Gasteiger partial charge in [0.25, 0.3) is 0 Å². The molecule has 0 amide bonds. The van der Waals surface area contributed by atoms with Gasteiger partial charge in [0.1, 0.15) is 0 Å². The van der Waals surface area contributed by atoms with Crippen molar-refractivity contribution in [2.75, 3.05) is 53.9 Å². The van der Waals surface area contributed by atoms with Crippen LogP contribution in [0.4, 0.5) is 0 Å². The molecular weight excluding hydrogens is 509 g/mol. The van der Waals surface area contributed by atoms with Crippen LogP contribution in [0.1, 0.15) is 81.6 Å². The van der Waals surface area contributed by atoms with Crippen LogP contribution < -0.4 is 0 Å². The summed E-state index contributed by atoms with van der Waals surface area (Å²) in [6, 6.07) is 2.32. The van der Waals surface area contributed by atoms with Gasteiger partial charge in [-0.05, 0) is 35.9 Å². The maximum atomic E-state index is 7.38. The summed E-state index contributed by atoms with van der Waals surface area (Å²) < 4.78 is 45.3. The maximum Gasteiger partial charge on any atom is 0.334 e. The van der Waals surface area contributed by atoms with E-state index in [1.165, 1.54) is 0 Å². The van der Waals surface area contributed by atoms with Crippen LogP contribution in [0, 0.1) is 0 Å². The summed E-state index contributed by atoms with van der Waals surface area (Å²) in [5.41, 5.74) is 0.713. The van der Waals surface area contributed by atoms with E-state index < -0.39 is 25.7 Å². The lowest BCUT2D eigenvalue weighted by atomic mass is 10.5. The summed E-state index contributed by atoms with van der Waals surface area (Å²) in [5, 5.41) is 0.